The molecular formula is C15H19N3O2. The molecule has 1 aliphatic rings. The van der Waals surface area contributed by atoms with Gasteiger partial charge in [0, 0.05) is 36.3 Å². The van der Waals surface area contributed by atoms with E-state index in [4.69, 9.17) is 9.84 Å². The Balaban J connectivity index is 1.64. The fraction of sp³-hybridized carbons (Fsp3) is 0.400. The van der Waals surface area contributed by atoms with Crippen LogP contribution in [0.3, 0.4) is 0 Å². The summed E-state index contributed by atoms with van der Waals surface area (Å²) in [6, 6.07) is 8.49. The second kappa shape index (κ2) is 6.07. The SMILES string of the molecule is OCCn1cc(CNC2CCOc3ccccc32)cn1. The lowest BCUT2D eigenvalue weighted by molar-refractivity contribution is 0.252. The molecule has 0 spiro atoms. The lowest BCUT2D eigenvalue weighted by atomic mass is 10.0. The number of aliphatic hydroxyl groups excluding tert-OH is 1. The van der Waals surface area contributed by atoms with Crippen LogP contribution < -0.4 is 10.1 Å². The van der Waals surface area contributed by atoms with Gasteiger partial charge in [0.05, 0.1) is 26.0 Å². The molecule has 0 aliphatic carbocycles. The molecule has 0 saturated heterocycles. The number of nitrogens with zero attached hydrogens (tertiary/aromatic N) is 2. The molecule has 20 heavy (non-hydrogen) atoms. The summed E-state index contributed by atoms with van der Waals surface area (Å²) < 4.78 is 7.42. The molecule has 1 aromatic heterocycles. The van der Waals surface area contributed by atoms with Crippen molar-refractivity contribution in [3.63, 3.8) is 0 Å². The van der Waals surface area contributed by atoms with Gasteiger partial charge in [-0.15, -0.1) is 0 Å². The first-order valence-corrected chi connectivity index (χ1v) is 6.94. The first-order valence-electron chi connectivity index (χ1n) is 6.94. The molecule has 2 aromatic rings. The van der Waals surface area contributed by atoms with Gasteiger partial charge in [0.2, 0.25) is 0 Å². The molecule has 2 heterocycles. The van der Waals surface area contributed by atoms with E-state index in [0.717, 1.165) is 30.9 Å². The van der Waals surface area contributed by atoms with E-state index in [1.165, 1.54) is 5.56 Å². The number of hydrogen-bond acceptors (Lipinski definition) is 4. The molecule has 0 fully saturated rings. The van der Waals surface area contributed by atoms with E-state index in [1.54, 1.807) is 4.68 Å². The predicted octanol–water partition coefficient (Wildman–Crippen LogP) is 1.49. The summed E-state index contributed by atoms with van der Waals surface area (Å²) in [5.74, 6) is 0.979. The van der Waals surface area contributed by atoms with E-state index in [-0.39, 0.29) is 6.61 Å². The fourth-order valence-electron chi connectivity index (χ4n) is 2.52. The van der Waals surface area contributed by atoms with E-state index < -0.39 is 0 Å². The maximum atomic E-state index is 8.88. The maximum Gasteiger partial charge on any atom is 0.124 e. The van der Waals surface area contributed by atoms with Crippen molar-refractivity contribution in [2.45, 2.75) is 25.6 Å². The molecule has 0 bridgehead atoms. The number of fused-ring (bicyclic) bond motifs is 1. The number of aliphatic hydroxyl groups is 1. The van der Waals surface area contributed by atoms with Crippen molar-refractivity contribution in [1.82, 2.24) is 15.1 Å². The number of rotatable bonds is 5. The van der Waals surface area contributed by atoms with Crippen molar-refractivity contribution in [1.29, 1.82) is 0 Å². The van der Waals surface area contributed by atoms with Gasteiger partial charge >= 0.3 is 0 Å². The molecule has 1 aliphatic heterocycles. The Morgan fingerprint density at radius 2 is 2.30 bits per heavy atom. The van der Waals surface area contributed by atoms with Gasteiger partial charge in [0.15, 0.2) is 0 Å². The topological polar surface area (TPSA) is 59.3 Å². The van der Waals surface area contributed by atoms with Crippen molar-refractivity contribution in [3.8, 4) is 5.75 Å². The normalized spacial score (nSPS) is 17.6. The van der Waals surface area contributed by atoms with Gasteiger partial charge in [-0.3, -0.25) is 4.68 Å². The largest absolute Gasteiger partial charge is 0.493 e. The quantitative estimate of drug-likeness (QED) is 0.866. The highest BCUT2D eigenvalue weighted by Gasteiger charge is 2.20. The molecule has 0 saturated carbocycles. The number of hydrogen-bond donors (Lipinski definition) is 2. The second-order valence-electron chi connectivity index (χ2n) is 4.94. The summed E-state index contributed by atoms with van der Waals surface area (Å²) in [5.41, 5.74) is 2.35. The lowest BCUT2D eigenvalue weighted by Crippen LogP contribution is -2.26. The van der Waals surface area contributed by atoms with E-state index in [9.17, 15) is 0 Å². The number of para-hydroxylation sites is 1. The first-order chi connectivity index (χ1) is 9.86. The monoisotopic (exact) mass is 273 g/mol. The standard InChI is InChI=1S/C15H19N3O2/c19-7-6-18-11-12(10-17-18)9-16-14-5-8-20-15-4-2-1-3-13(14)15/h1-4,10-11,14,16,19H,5-9H2. The Labute approximate surface area is 118 Å². The van der Waals surface area contributed by atoms with Gasteiger partial charge in [-0.2, -0.15) is 5.10 Å². The zero-order valence-electron chi connectivity index (χ0n) is 11.3. The Bertz CT molecular complexity index is 568. The van der Waals surface area contributed by atoms with Crippen LogP contribution in [0.2, 0.25) is 0 Å². The molecule has 106 valence electrons. The summed E-state index contributed by atoms with van der Waals surface area (Å²) in [7, 11) is 0. The van der Waals surface area contributed by atoms with Crippen LogP contribution in [-0.2, 0) is 13.1 Å². The molecule has 5 nitrogen and oxygen atoms in total. The lowest BCUT2D eigenvalue weighted by Gasteiger charge is -2.26. The highest BCUT2D eigenvalue weighted by atomic mass is 16.5. The molecule has 1 atom stereocenters. The van der Waals surface area contributed by atoms with E-state index in [2.05, 4.69) is 16.5 Å². The number of ether oxygens (including phenoxy) is 1. The van der Waals surface area contributed by atoms with Gasteiger partial charge in [-0.25, -0.2) is 0 Å². The third kappa shape index (κ3) is 2.84. The molecule has 3 rings (SSSR count). The zero-order chi connectivity index (χ0) is 13.8. The second-order valence-corrected chi connectivity index (χ2v) is 4.94. The van der Waals surface area contributed by atoms with E-state index in [1.807, 2.05) is 30.6 Å². The Hall–Kier alpha value is -1.85. The molecule has 0 radical (unpaired) electrons. The summed E-state index contributed by atoms with van der Waals surface area (Å²) in [6.45, 7) is 2.17. The average Bonchev–Trinajstić information content (AvgIpc) is 2.93. The molecule has 1 unspecified atom stereocenters. The highest BCUT2D eigenvalue weighted by Crippen LogP contribution is 2.31. The Morgan fingerprint density at radius 1 is 1.40 bits per heavy atom. The summed E-state index contributed by atoms with van der Waals surface area (Å²) in [4.78, 5) is 0. The van der Waals surface area contributed by atoms with Crippen LogP contribution in [0.4, 0.5) is 0 Å². The minimum atomic E-state index is 0.113. The molecule has 1 aromatic carbocycles. The van der Waals surface area contributed by atoms with Gasteiger partial charge < -0.3 is 15.2 Å². The van der Waals surface area contributed by atoms with Crippen LogP contribution in [0.15, 0.2) is 36.7 Å². The van der Waals surface area contributed by atoms with Crippen molar-refractivity contribution in [2.75, 3.05) is 13.2 Å². The first kappa shape index (κ1) is 13.1. The summed E-state index contributed by atoms with van der Waals surface area (Å²) in [6.07, 6.45) is 4.78. The third-order valence-corrected chi connectivity index (χ3v) is 3.53. The molecule has 5 heteroatoms. The predicted molar refractivity (Wildman–Crippen MR) is 75.4 cm³/mol. The Morgan fingerprint density at radius 3 is 3.20 bits per heavy atom. The van der Waals surface area contributed by atoms with Crippen LogP contribution >= 0.6 is 0 Å². The summed E-state index contributed by atoms with van der Waals surface area (Å²) in [5, 5.41) is 16.6. The maximum absolute atomic E-state index is 8.88. The smallest absolute Gasteiger partial charge is 0.124 e. The summed E-state index contributed by atoms with van der Waals surface area (Å²) >= 11 is 0. The van der Waals surface area contributed by atoms with Crippen molar-refractivity contribution in [2.24, 2.45) is 0 Å². The minimum Gasteiger partial charge on any atom is -0.493 e. The Kier molecular flexibility index (Phi) is 3.99. The van der Waals surface area contributed by atoms with Gasteiger partial charge in [-0.1, -0.05) is 18.2 Å². The molecular weight excluding hydrogens is 254 g/mol. The highest BCUT2D eigenvalue weighted by molar-refractivity contribution is 5.37. The fourth-order valence-corrected chi connectivity index (χ4v) is 2.52. The van der Waals surface area contributed by atoms with E-state index >= 15 is 0 Å². The molecule has 2 N–H and O–H groups in total. The van der Waals surface area contributed by atoms with Crippen LogP contribution in [0, 0.1) is 0 Å². The third-order valence-electron chi connectivity index (χ3n) is 3.53. The van der Waals surface area contributed by atoms with Gasteiger partial charge in [0.1, 0.15) is 5.75 Å². The minimum absolute atomic E-state index is 0.113. The van der Waals surface area contributed by atoms with Crippen LogP contribution in [0.25, 0.3) is 0 Å². The average molecular weight is 273 g/mol. The number of benzene rings is 1. The van der Waals surface area contributed by atoms with Crippen molar-refractivity contribution >= 4 is 0 Å². The van der Waals surface area contributed by atoms with Crippen LogP contribution in [0.5, 0.6) is 5.75 Å². The molecule has 0 amide bonds. The van der Waals surface area contributed by atoms with Crippen LogP contribution in [0.1, 0.15) is 23.6 Å². The number of aromatic nitrogens is 2. The van der Waals surface area contributed by atoms with E-state index in [0.29, 0.717) is 12.6 Å². The van der Waals surface area contributed by atoms with Crippen molar-refractivity contribution < 1.29 is 9.84 Å². The van der Waals surface area contributed by atoms with Gasteiger partial charge in [-0.05, 0) is 6.07 Å². The number of nitrogens with one attached hydrogen (secondary N) is 1. The van der Waals surface area contributed by atoms with Crippen LogP contribution in [-0.4, -0.2) is 28.1 Å². The zero-order valence-corrected chi connectivity index (χ0v) is 11.3. The van der Waals surface area contributed by atoms with Crippen molar-refractivity contribution in [3.05, 3.63) is 47.8 Å². The van der Waals surface area contributed by atoms with Gasteiger partial charge in [0.25, 0.3) is 0 Å².